The van der Waals surface area contributed by atoms with E-state index in [1.54, 1.807) is 0 Å². The average Bonchev–Trinajstić information content (AvgIpc) is 1.53. The second-order valence-corrected chi connectivity index (χ2v) is 37.2. The number of hydrogen-bond donors (Lipinski definition) is 0. The molecule has 147 heavy (non-hydrogen) atoms. The molecule has 21 aromatic carbocycles. The Kier molecular flexibility index (Phi) is 19.0. The summed E-state index contributed by atoms with van der Waals surface area (Å²) in [6.07, 6.45) is 0. The van der Waals surface area contributed by atoms with Crippen molar-refractivity contribution in [1.82, 2.24) is 41.1 Å². The zero-order valence-electron chi connectivity index (χ0n) is 78.5. The van der Waals surface area contributed by atoms with Gasteiger partial charge in [-0.25, -0.2) is 0 Å². The summed E-state index contributed by atoms with van der Waals surface area (Å²) in [5.74, 6) is 0. The van der Waals surface area contributed by atoms with Crippen LogP contribution in [0.1, 0.15) is 33.4 Å². The molecular weight excluding hydrogens is 1800 g/mol. The fourth-order valence-electron chi connectivity index (χ4n) is 23.7. The zero-order valence-corrected chi connectivity index (χ0v) is 78.5. The topological polar surface area (TPSA) is 187 Å². The Balaban J connectivity index is 0.000000107. The van der Waals surface area contributed by atoms with Crippen molar-refractivity contribution in [2.75, 3.05) is 0 Å². The van der Waals surface area contributed by atoms with Crippen molar-refractivity contribution in [3.8, 4) is 87.6 Å². The van der Waals surface area contributed by atoms with E-state index in [4.69, 9.17) is 0 Å². The molecule has 0 amide bonds. The number of rotatable bonds is 9. The maximum absolute atomic E-state index is 10.5. The molecule has 15 nitrogen and oxygen atoms in total. The number of benzene rings is 21. The molecule has 0 bridgehead atoms. The third-order valence-corrected chi connectivity index (χ3v) is 29.6. The van der Waals surface area contributed by atoms with Crippen LogP contribution in [-0.4, -0.2) is 41.1 Å². The molecule has 0 fully saturated rings. The van der Waals surface area contributed by atoms with Gasteiger partial charge in [-0.2, -0.15) is 31.6 Å². The Morgan fingerprint density at radius 3 is 0.748 bits per heavy atom. The van der Waals surface area contributed by atoms with Crippen LogP contribution < -0.4 is 0 Å². The first-order chi connectivity index (χ1) is 72.8. The molecule has 0 aliphatic heterocycles. The molecule has 30 aromatic rings. The maximum Gasteiger partial charge on any atom is 0.101 e. The van der Waals surface area contributed by atoms with E-state index in [-0.39, 0.29) is 0 Å². The van der Waals surface area contributed by atoms with E-state index in [2.05, 4.69) is 393 Å². The van der Waals surface area contributed by atoms with Gasteiger partial charge in [0.15, 0.2) is 0 Å². The van der Waals surface area contributed by atoms with Gasteiger partial charge >= 0.3 is 0 Å². The lowest BCUT2D eigenvalue weighted by atomic mass is 10.0. The highest BCUT2D eigenvalue weighted by Crippen LogP contribution is 2.53. The van der Waals surface area contributed by atoms with Gasteiger partial charge in [0.2, 0.25) is 0 Å². The molecule has 0 atom stereocenters. The molecule has 15 heteroatoms. The highest BCUT2D eigenvalue weighted by Gasteiger charge is 2.32. The zero-order chi connectivity index (χ0) is 97.9. The van der Waals surface area contributed by atoms with Crippen LogP contribution in [0.4, 0.5) is 0 Å². The van der Waals surface area contributed by atoms with E-state index in [1.807, 2.05) is 140 Å². The second-order valence-electron chi connectivity index (χ2n) is 37.2. The summed E-state index contributed by atoms with van der Waals surface area (Å²) in [7, 11) is 0. The normalized spacial score (nSPS) is 11.6. The molecule has 0 radical (unpaired) electrons. The summed E-state index contributed by atoms with van der Waals surface area (Å²) in [4.78, 5) is 0. The second kappa shape index (κ2) is 33.2. The molecule has 9 aromatic heterocycles. The number of para-hydroxylation sites is 10. The summed E-state index contributed by atoms with van der Waals surface area (Å²) in [5.41, 5.74) is 32.2. The van der Waals surface area contributed by atoms with Crippen LogP contribution in [0.5, 0.6) is 0 Å². The van der Waals surface area contributed by atoms with Gasteiger partial charge < -0.3 is 41.1 Å². The Hall–Kier alpha value is -21.2. The molecule has 0 saturated carbocycles. The van der Waals surface area contributed by atoms with Crippen LogP contribution in [0.3, 0.4) is 0 Å². The van der Waals surface area contributed by atoms with Gasteiger partial charge in [-0.1, -0.05) is 231 Å². The summed E-state index contributed by atoms with van der Waals surface area (Å²) in [6, 6.07) is 171. The average molecular weight is 1870 g/mol. The first-order valence-corrected chi connectivity index (χ1v) is 48.7. The largest absolute Gasteiger partial charge is 0.309 e. The summed E-state index contributed by atoms with van der Waals surface area (Å²) in [6.45, 7) is 0. The van der Waals surface area contributed by atoms with Crippen LogP contribution >= 0.6 is 0 Å². The van der Waals surface area contributed by atoms with E-state index in [1.165, 1.54) is 37.7 Å². The molecule has 9 heterocycles. The minimum Gasteiger partial charge on any atom is -0.309 e. The first kappa shape index (κ1) is 83.9. The quantitative estimate of drug-likeness (QED) is 0.138. The van der Waals surface area contributed by atoms with Gasteiger partial charge in [0.05, 0.1) is 169 Å². The molecular formula is C132H75N15. The van der Waals surface area contributed by atoms with Gasteiger partial charge in [-0.05, 0) is 224 Å². The lowest BCUT2D eigenvalue weighted by Crippen LogP contribution is -1.98. The number of nitrogens with zero attached hydrogens (tertiary/aromatic N) is 15. The van der Waals surface area contributed by atoms with Gasteiger partial charge in [-0.3, -0.25) is 0 Å². The van der Waals surface area contributed by atoms with Crippen LogP contribution in [0.15, 0.2) is 455 Å². The molecule has 0 saturated heterocycles. The summed E-state index contributed by atoms with van der Waals surface area (Å²) in [5, 5.41) is 79.9. The fourth-order valence-corrected chi connectivity index (χ4v) is 23.7. The van der Waals surface area contributed by atoms with E-state index in [0.717, 1.165) is 210 Å². The van der Waals surface area contributed by atoms with E-state index >= 15 is 0 Å². The van der Waals surface area contributed by atoms with Crippen molar-refractivity contribution in [3.05, 3.63) is 488 Å². The number of fused-ring (bicyclic) bond motifs is 33. The first-order valence-electron chi connectivity index (χ1n) is 48.7. The van der Waals surface area contributed by atoms with Crippen molar-refractivity contribution in [2.24, 2.45) is 0 Å². The minimum absolute atomic E-state index is 0.598. The van der Waals surface area contributed by atoms with E-state index < -0.39 is 0 Å². The molecule has 0 aliphatic carbocycles. The van der Waals surface area contributed by atoms with Crippen LogP contribution in [-0.2, 0) is 0 Å². The number of nitriles is 6. The smallest absolute Gasteiger partial charge is 0.101 e. The maximum atomic E-state index is 10.5. The number of aromatic nitrogens is 9. The predicted molar refractivity (Wildman–Crippen MR) is 597 cm³/mol. The van der Waals surface area contributed by atoms with Gasteiger partial charge in [0.1, 0.15) is 6.07 Å². The Bertz CT molecular complexity index is 11100. The predicted octanol–water partition coefficient (Wildman–Crippen LogP) is 32.2. The molecule has 0 unspecified atom stereocenters. The SMILES string of the molecule is N#Cc1ccc(-n2c3cccc(C#N)c3c3c2ccc2c4ccc5c(c6ccccc6n5-c5ccccc5)c4n(-c4ccccc4)c23)cc1.N#Cc1ccc(-n2c3ccccc3c3c2ccc2c4ccc5c(c6ccccc6n5-c5cccc(C#N)c5)c4n(-c4ccccc4)c23)cc1.N#Cc1ccc2c3c(ccc4c5ccc6c(c7ccccc7n6-c6ccccc6)c5n(-c5ccccc5C#N)c43)n(-c3ccccc3)c2c1. The summed E-state index contributed by atoms with van der Waals surface area (Å²) >= 11 is 0. The minimum atomic E-state index is 0.598. The van der Waals surface area contributed by atoms with Crippen molar-refractivity contribution >= 4 is 196 Å². The molecule has 0 N–H and O–H groups in total. The van der Waals surface area contributed by atoms with Crippen molar-refractivity contribution in [2.45, 2.75) is 0 Å². The Morgan fingerprint density at radius 1 is 0.129 bits per heavy atom. The Morgan fingerprint density at radius 2 is 0.374 bits per heavy atom. The summed E-state index contributed by atoms with van der Waals surface area (Å²) < 4.78 is 20.9. The Labute approximate surface area is 839 Å². The molecule has 0 aliphatic rings. The third kappa shape index (κ3) is 12.4. The standard InChI is InChI=1S/3C44H25N5/c45-26-28-19-20-35-40(25-28)48(31-14-5-2-6-15-31)39-24-22-33-32-21-23-38-41(34-16-8-10-18-37(34)47(38)30-12-3-1-4-13-30)43(32)49(44(33)42(35)39)36-17-9-7-11-29(36)27-46;45-26-28-18-20-32(21-19-28)48-37-17-9-10-29(27-46)40(37)42-39(48)25-23-34-33-22-24-38-41(43(33)49(44(34)42)31-13-5-2-6-14-31)35-15-7-8-16-36(35)47(38)30-11-3-1-4-12-30;45-26-28-17-19-31(20-18-28)47-37-15-6-4-13-35(37)41-39(47)23-21-33-34-22-24-40-42(44(34)49(43(33)41)30-10-2-1-3-11-30)36-14-5-7-16-38(36)48(40)32-12-8-9-29(25-32)27-46/h3*1-25H. The van der Waals surface area contributed by atoms with Gasteiger partial charge in [-0.15, -0.1) is 0 Å². The fraction of sp³-hybridized carbons (Fsp3) is 0. The third-order valence-electron chi connectivity index (χ3n) is 29.6. The monoisotopic (exact) mass is 1870 g/mol. The van der Waals surface area contributed by atoms with Gasteiger partial charge in [0.25, 0.3) is 0 Å². The highest BCUT2D eigenvalue weighted by molar-refractivity contribution is 6.36. The molecule has 678 valence electrons. The van der Waals surface area contributed by atoms with Crippen LogP contribution in [0.2, 0.25) is 0 Å². The van der Waals surface area contributed by atoms with E-state index in [0.29, 0.717) is 33.4 Å². The lowest BCUT2D eigenvalue weighted by molar-refractivity contribution is 1.17. The highest BCUT2D eigenvalue weighted by atomic mass is 15.1. The van der Waals surface area contributed by atoms with E-state index in [9.17, 15) is 31.6 Å². The molecule has 0 spiro atoms. The van der Waals surface area contributed by atoms with Gasteiger partial charge in [0, 0.05) is 142 Å². The van der Waals surface area contributed by atoms with Crippen LogP contribution in [0, 0.1) is 68.0 Å². The lowest BCUT2D eigenvalue weighted by Gasteiger charge is -2.12. The molecule has 30 rings (SSSR count). The van der Waals surface area contributed by atoms with Crippen molar-refractivity contribution < 1.29 is 0 Å². The van der Waals surface area contributed by atoms with Crippen molar-refractivity contribution in [1.29, 1.82) is 31.6 Å². The van der Waals surface area contributed by atoms with Crippen LogP contribution in [0.25, 0.3) is 247 Å². The number of hydrogen-bond acceptors (Lipinski definition) is 6. The van der Waals surface area contributed by atoms with Crippen molar-refractivity contribution in [3.63, 3.8) is 0 Å².